The Bertz CT molecular complexity index is 666. The largest absolute Gasteiger partial charge is 0.418 e. The van der Waals surface area contributed by atoms with Crippen LogP contribution in [0, 0.1) is 6.92 Å². The quantitative estimate of drug-likeness (QED) is 0.880. The Kier molecular flexibility index (Phi) is 5.26. The third-order valence-electron chi connectivity index (χ3n) is 3.28. The Morgan fingerprint density at radius 3 is 2.35 bits per heavy atom. The number of hydrogen-bond donors (Lipinski definition) is 2. The minimum atomic E-state index is -4.46. The average molecular weight is 322 g/mol. The lowest BCUT2D eigenvalue weighted by Gasteiger charge is -2.14. The van der Waals surface area contributed by atoms with Crippen molar-refractivity contribution in [2.24, 2.45) is 0 Å². The van der Waals surface area contributed by atoms with Crippen molar-refractivity contribution in [1.29, 1.82) is 0 Å². The number of para-hydroxylation sites is 1. The van der Waals surface area contributed by atoms with Gasteiger partial charge >= 0.3 is 6.18 Å². The van der Waals surface area contributed by atoms with Crippen molar-refractivity contribution in [2.75, 3.05) is 11.9 Å². The molecule has 0 unspecified atom stereocenters. The second-order valence-electron chi connectivity index (χ2n) is 5.16. The summed E-state index contributed by atoms with van der Waals surface area (Å²) in [7, 11) is 0. The van der Waals surface area contributed by atoms with E-state index in [2.05, 4.69) is 10.6 Å². The SMILES string of the molecule is Cc1ccc(CNC(=O)CNc2ccccc2C(F)(F)F)cc1. The Morgan fingerprint density at radius 2 is 1.70 bits per heavy atom. The van der Waals surface area contributed by atoms with Crippen LogP contribution in [0.3, 0.4) is 0 Å². The normalized spacial score (nSPS) is 11.1. The van der Waals surface area contributed by atoms with Crippen molar-refractivity contribution in [3.8, 4) is 0 Å². The first kappa shape index (κ1) is 16.9. The number of halogens is 3. The zero-order valence-corrected chi connectivity index (χ0v) is 12.6. The molecule has 0 radical (unpaired) electrons. The molecule has 3 nitrogen and oxygen atoms in total. The molecule has 0 heterocycles. The lowest BCUT2D eigenvalue weighted by atomic mass is 10.1. The van der Waals surface area contributed by atoms with Gasteiger partial charge in [0.1, 0.15) is 0 Å². The third-order valence-corrected chi connectivity index (χ3v) is 3.28. The summed E-state index contributed by atoms with van der Waals surface area (Å²) in [5.74, 6) is -0.373. The minimum absolute atomic E-state index is 0.106. The highest BCUT2D eigenvalue weighted by molar-refractivity contribution is 5.81. The summed E-state index contributed by atoms with van der Waals surface area (Å²) < 4.78 is 38.5. The van der Waals surface area contributed by atoms with E-state index in [1.54, 1.807) is 0 Å². The second kappa shape index (κ2) is 7.17. The van der Waals surface area contributed by atoms with E-state index < -0.39 is 11.7 Å². The van der Waals surface area contributed by atoms with Gasteiger partial charge in [-0.3, -0.25) is 4.79 Å². The van der Waals surface area contributed by atoms with Gasteiger partial charge in [0, 0.05) is 12.2 Å². The zero-order chi connectivity index (χ0) is 16.9. The highest BCUT2D eigenvalue weighted by atomic mass is 19.4. The Balaban J connectivity index is 1.89. The predicted octanol–water partition coefficient (Wildman–Crippen LogP) is 3.74. The first-order valence-electron chi connectivity index (χ1n) is 7.08. The van der Waals surface area contributed by atoms with Crippen LogP contribution >= 0.6 is 0 Å². The van der Waals surface area contributed by atoms with Gasteiger partial charge in [-0.15, -0.1) is 0 Å². The summed E-state index contributed by atoms with van der Waals surface area (Å²) >= 11 is 0. The summed E-state index contributed by atoms with van der Waals surface area (Å²) in [6.45, 7) is 2.07. The molecule has 2 aromatic carbocycles. The van der Waals surface area contributed by atoms with Crippen molar-refractivity contribution >= 4 is 11.6 Å². The van der Waals surface area contributed by atoms with Crippen molar-refractivity contribution in [2.45, 2.75) is 19.6 Å². The molecule has 6 heteroatoms. The van der Waals surface area contributed by atoms with Crippen LogP contribution in [0.15, 0.2) is 48.5 Å². The van der Waals surface area contributed by atoms with E-state index in [1.165, 1.54) is 18.2 Å². The number of amides is 1. The summed E-state index contributed by atoms with van der Waals surface area (Å²) in [6, 6.07) is 12.7. The summed E-state index contributed by atoms with van der Waals surface area (Å²) in [6.07, 6.45) is -4.46. The van der Waals surface area contributed by atoms with Gasteiger partial charge in [-0.05, 0) is 24.6 Å². The number of anilines is 1. The number of benzene rings is 2. The maximum atomic E-state index is 12.8. The highest BCUT2D eigenvalue weighted by Crippen LogP contribution is 2.34. The Labute approximate surface area is 132 Å². The van der Waals surface area contributed by atoms with Gasteiger partial charge in [0.2, 0.25) is 5.91 Å². The van der Waals surface area contributed by atoms with Crippen LogP contribution in [0.1, 0.15) is 16.7 Å². The van der Waals surface area contributed by atoms with E-state index in [9.17, 15) is 18.0 Å². The molecule has 0 aliphatic rings. The van der Waals surface area contributed by atoms with Crippen molar-refractivity contribution in [3.63, 3.8) is 0 Å². The molecule has 2 aromatic rings. The molecule has 0 bridgehead atoms. The average Bonchev–Trinajstić information content (AvgIpc) is 2.52. The minimum Gasteiger partial charge on any atom is -0.376 e. The number of nitrogens with one attached hydrogen (secondary N) is 2. The number of rotatable bonds is 5. The topological polar surface area (TPSA) is 41.1 Å². The van der Waals surface area contributed by atoms with Gasteiger partial charge in [-0.25, -0.2) is 0 Å². The molecule has 1 amide bonds. The van der Waals surface area contributed by atoms with Gasteiger partial charge < -0.3 is 10.6 Å². The van der Waals surface area contributed by atoms with Crippen LogP contribution in [0.4, 0.5) is 18.9 Å². The molecule has 0 spiro atoms. The first-order valence-corrected chi connectivity index (χ1v) is 7.08. The van der Waals surface area contributed by atoms with Gasteiger partial charge in [0.25, 0.3) is 0 Å². The highest BCUT2D eigenvalue weighted by Gasteiger charge is 2.33. The molecule has 0 atom stereocenters. The summed E-state index contributed by atoms with van der Waals surface area (Å²) in [4.78, 5) is 11.8. The molecule has 0 aliphatic heterocycles. The number of carbonyl (C=O) groups excluding carboxylic acids is 1. The van der Waals surface area contributed by atoms with E-state index in [-0.39, 0.29) is 18.1 Å². The molecule has 0 aliphatic carbocycles. The number of carbonyl (C=O) groups is 1. The standard InChI is InChI=1S/C17H17F3N2O/c1-12-6-8-13(9-7-12)10-22-16(23)11-21-15-5-3-2-4-14(15)17(18,19)20/h2-9,21H,10-11H2,1H3,(H,22,23). The fraction of sp³-hybridized carbons (Fsp3) is 0.235. The van der Waals surface area contributed by atoms with E-state index in [0.717, 1.165) is 17.2 Å². The van der Waals surface area contributed by atoms with Gasteiger partial charge in [-0.2, -0.15) is 13.2 Å². The van der Waals surface area contributed by atoms with Crippen molar-refractivity contribution in [3.05, 3.63) is 65.2 Å². The molecule has 0 aromatic heterocycles. The third kappa shape index (κ3) is 5.02. The van der Waals surface area contributed by atoms with E-state index >= 15 is 0 Å². The van der Waals surface area contributed by atoms with Crippen LogP contribution in [0.25, 0.3) is 0 Å². The van der Waals surface area contributed by atoms with Crippen LogP contribution < -0.4 is 10.6 Å². The van der Waals surface area contributed by atoms with E-state index in [1.807, 2.05) is 31.2 Å². The Morgan fingerprint density at radius 1 is 1.04 bits per heavy atom. The van der Waals surface area contributed by atoms with E-state index in [4.69, 9.17) is 0 Å². The van der Waals surface area contributed by atoms with Gasteiger partial charge in [-0.1, -0.05) is 42.0 Å². The zero-order valence-electron chi connectivity index (χ0n) is 12.6. The van der Waals surface area contributed by atoms with Crippen molar-refractivity contribution < 1.29 is 18.0 Å². The first-order chi connectivity index (χ1) is 10.9. The molecule has 122 valence electrons. The number of alkyl halides is 3. The maximum absolute atomic E-state index is 12.8. The van der Waals surface area contributed by atoms with Crippen LogP contribution in [-0.4, -0.2) is 12.5 Å². The maximum Gasteiger partial charge on any atom is 0.418 e. The van der Waals surface area contributed by atoms with Gasteiger partial charge in [0.15, 0.2) is 0 Å². The molecule has 0 saturated carbocycles. The second-order valence-corrected chi connectivity index (χ2v) is 5.16. The van der Waals surface area contributed by atoms with Crippen LogP contribution in [-0.2, 0) is 17.5 Å². The summed E-state index contributed by atoms with van der Waals surface area (Å²) in [5.41, 5.74) is 1.15. The molecular weight excluding hydrogens is 305 g/mol. The number of aryl methyl sites for hydroxylation is 1. The van der Waals surface area contributed by atoms with Crippen LogP contribution in [0.5, 0.6) is 0 Å². The molecule has 2 rings (SSSR count). The molecule has 0 fully saturated rings. The van der Waals surface area contributed by atoms with Crippen LogP contribution in [0.2, 0.25) is 0 Å². The monoisotopic (exact) mass is 322 g/mol. The number of hydrogen-bond acceptors (Lipinski definition) is 2. The molecule has 2 N–H and O–H groups in total. The summed E-state index contributed by atoms with van der Waals surface area (Å²) in [5, 5.41) is 5.20. The fourth-order valence-corrected chi connectivity index (χ4v) is 2.03. The molecule has 0 saturated heterocycles. The lowest BCUT2D eigenvalue weighted by molar-refractivity contribution is -0.137. The Hall–Kier alpha value is -2.50. The van der Waals surface area contributed by atoms with Crippen molar-refractivity contribution in [1.82, 2.24) is 5.32 Å². The predicted molar refractivity (Wildman–Crippen MR) is 83.0 cm³/mol. The van der Waals surface area contributed by atoms with Gasteiger partial charge in [0.05, 0.1) is 12.1 Å². The fourth-order valence-electron chi connectivity index (χ4n) is 2.03. The smallest absolute Gasteiger partial charge is 0.376 e. The lowest BCUT2D eigenvalue weighted by Crippen LogP contribution is -2.29. The van der Waals surface area contributed by atoms with E-state index in [0.29, 0.717) is 6.54 Å². The molecule has 23 heavy (non-hydrogen) atoms. The molecular formula is C17H17F3N2O.